The zero-order chi connectivity index (χ0) is 14.8. The molecule has 0 spiro atoms. The van der Waals surface area contributed by atoms with Crippen molar-refractivity contribution in [2.45, 2.75) is 84.2 Å². The maximum atomic E-state index is 11.5. The smallest absolute Gasteiger partial charge is 0.0718 e. The molecule has 0 aromatic rings. The van der Waals surface area contributed by atoms with Gasteiger partial charge in [-0.15, -0.1) is 0 Å². The first-order valence-electron chi connectivity index (χ1n) is 8.83. The van der Waals surface area contributed by atoms with Gasteiger partial charge in [-0.1, -0.05) is 46.5 Å². The van der Waals surface area contributed by atoms with Gasteiger partial charge >= 0.3 is 0 Å². The predicted octanol–water partition coefficient (Wildman–Crippen LogP) is 4.11. The van der Waals surface area contributed by atoms with Crippen LogP contribution in [0.5, 0.6) is 0 Å². The summed E-state index contributed by atoms with van der Waals surface area (Å²) in [5.41, 5.74) is 5.71. The van der Waals surface area contributed by atoms with Crippen LogP contribution in [0.25, 0.3) is 0 Å². The normalized spacial score (nSPS) is 42.9. The molecule has 0 radical (unpaired) electrons. The van der Waals surface area contributed by atoms with Crippen LogP contribution in [-0.4, -0.2) is 17.3 Å². The summed E-state index contributed by atoms with van der Waals surface area (Å²) >= 11 is 0. The molecule has 0 aromatic heterocycles. The van der Waals surface area contributed by atoms with Crippen molar-refractivity contribution in [2.24, 2.45) is 28.9 Å². The van der Waals surface area contributed by atoms with Crippen LogP contribution in [0.3, 0.4) is 0 Å². The van der Waals surface area contributed by atoms with Crippen molar-refractivity contribution in [2.75, 3.05) is 6.54 Å². The fourth-order valence-electron chi connectivity index (χ4n) is 5.17. The van der Waals surface area contributed by atoms with E-state index in [2.05, 4.69) is 20.8 Å². The van der Waals surface area contributed by atoms with Gasteiger partial charge in [0.15, 0.2) is 0 Å². The third kappa shape index (κ3) is 3.22. The molecule has 20 heavy (non-hydrogen) atoms. The van der Waals surface area contributed by atoms with E-state index in [1.54, 1.807) is 0 Å². The molecule has 118 valence electrons. The molecule has 2 heteroatoms. The Morgan fingerprint density at radius 1 is 1.15 bits per heavy atom. The molecule has 2 saturated carbocycles. The highest BCUT2D eigenvalue weighted by molar-refractivity contribution is 5.04. The van der Waals surface area contributed by atoms with Crippen molar-refractivity contribution in [1.82, 2.24) is 0 Å². The molecule has 0 aliphatic heterocycles. The van der Waals surface area contributed by atoms with Gasteiger partial charge in [0.1, 0.15) is 0 Å². The number of aliphatic hydroxyl groups is 1. The lowest BCUT2D eigenvalue weighted by Crippen LogP contribution is -2.56. The van der Waals surface area contributed by atoms with Crippen molar-refractivity contribution in [3.8, 4) is 0 Å². The summed E-state index contributed by atoms with van der Waals surface area (Å²) in [5, 5.41) is 11.5. The molecule has 2 nitrogen and oxygen atoms in total. The van der Waals surface area contributed by atoms with Gasteiger partial charge in [0, 0.05) is 12.0 Å². The van der Waals surface area contributed by atoms with Crippen LogP contribution >= 0.6 is 0 Å². The second-order valence-electron chi connectivity index (χ2n) is 8.31. The van der Waals surface area contributed by atoms with Gasteiger partial charge in [-0.2, -0.15) is 0 Å². The Balaban J connectivity index is 2.14. The van der Waals surface area contributed by atoms with Crippen LogP contribution in [0.1, 0.15) is 78.6 Å². The highest BCUT2D eigenvalue weighted by atomic mass is 16.3. The monoisotopic (exact) mass is 281 g/mol. The van der Waals surface area contributed by atoms with Gasteiger partial charge in [0.2, 0.25) is 0 Å². The molecular formula is C18H35NO. The Bertz CT molecular complexity index is 317. The lowest BCUT2D eigenvalue weighted by atomic mass is 9.55. The SMILES string of the molecule is CC(C)CC1CCCC(O)(C2(CN)CCCC(C)C2)C1. The lowest BCUT2D eigenvalue weighted by molar-refractivity contribution is -0.140. The second kappa shape index (κ2) is 6.36. The van der Waals surface area contributed by atoms with Crippen molar-refractivity contribution in [3.05, 3.63) is 0 Å². The van der Waals surface area contributed by atoms with Crippen molar-refractivity contribution in [3.63, 3.8) is 0 Å². The highest BCUT2D eigenvalue weighted by Gasteiger charge is 2.52. The van der Waals surface area contributed by atoms with E-state index in [0.717, 1.165) is 37.5 Å². The van der Waals surface area contributed by atoms with E-state index in [1.165, 1.54) is 32.1 Å². The fraction of sp³-hybridized carbons (Fsp3) is 1.00. The number of rotatable bonds is 4. The van der Waals surface area contributed by atoms with Gasteiger partial charge in [0.25, 0.3) is 0 Å². The van der Waals surface area contributed by atoms with Crippen molar-refractivity contribution in [1.29, 1.82) is 0 Å². The third-order valence-corrected chi connectivity index (χ3v) is 6.10. The number of hydrogen-bond donors (Lipinski definition) is 2. The Labute approximate surface area is 125 Å². The first-order chi connectivity index (χ1) is 9.41. The lowest BCUT2D eigenvalue weighted by Gasteiger charge is -2.54. The molecule has 0 aromatic carbocycles. The van der Waals surface area contributed by atoms with Crippen LogP contribution in [0, 0.1) is 23.2 Å². The molecule has 0 bridgehead atoms. The van der Waals surface area contributed by atoms with Gasteiger partial charge in [0.05, 0.1) is 5.60 Å². The molecule has 2 fully saturated rings. The summed E-state index contributed by atoms with van der Waals surface area (Å²) in [6.45, 7) is 7.60. The average molecular weight is 281 g/mol. The topological polar surface area (TPSA) is 46.2 Å². The molecule has 4 unspecified atom stereocenters. The molecular weight excluding hydrogens is 246 g/mol. The summed E-state index contributed by atoms with van der Waals surface area (Å²) in [6.07, 6.45) is 10.6. The van der Waals surface area contributed by atoms with Gasteiger partial charge < -0.3 is 10.8 Å². The third-order valence-electron chi connectivity index (χ3n) is 6.10. The summed E-state index contributed by atoms with van der Waals surface area (Å²) in [7, 11) is 0. The minimum absolute atomic E-state index is 0.000314. The first-order valence-corrected chi connectivity index (χ1v) is 8.83. The second-order valence-corrected chi connectivity index (χ2v) is 8.31. The quantitative estimate of drug-likeness (QED) is 0.814. The zero-order valence-corrected chi connectivity index (χ0v) is 13.8. The van der Waals surface area contributed by atoms with Crippen LogP contribution in [-0.2, 0) is 0 Å². The number of nitrogens with two attached hydrogens (primary N) is 1. The largest absolute Gasteiger partial charge is 0.389 e. The zero-order valence-electron chi connectivity index (χ0n) is 13.8. The highest BCUT2D eigenvalue weighted by Crippen LogP contribution is 2.53. The molecule has 4 atom stereocenters. The molecule has 3 N–H and O–H groups in total. The summed E-state index contributed by atoms with van der Waals surface area (Å²) in [5.74, 6) is 2.16. The molecule has 2 rings (SSSR count). The van der Waals surface area contributed by atoms with Crippen LogP contribution in [0.2, 0.25) is 0 Å². The minimum atomic E-state index is -0.492. The van der Waals surface area contributed by atoms with Gasteiger partial charge in [-0.3, -0.25) is 0 Å². The minimum Gasteiger partial charge on any atom is -0.389 e. The van der Waals surface area contributed by atoms with Crippen molar-refractivity contribution >= 4 is 0 Å². The standard InChI is InChI=1S/C18H35NO/c1-14(2)10-16-7-5-9-18(20,12-16)17(13-19)8-4-6-15(3)11-17/h14-16,20H,4-13,19H2,1-3H3. The summed E-state index contributed by atoms with van der Waals surface area (Å²) in [4.78, 5) is 0. The van der Waals surface area contributed by atoms with Crippen LogP contribution in [0.15, 0.2) is 0 Å². The maximum Gasteiger partial charge on any atom is 0.0718 e. The summed E-state index contributed by atoms with van der Waals surface area (Å²) in [6, 6.07) is 0. The average Bonchev–Trinajstić information content (AvgIpc) is 2.37. The predicted molar refractivity (Wildman–Crippen MR) is 85.5 cm³/mol. The Kier molecular flexibility index (Phi) is 5.18. The van der Waals surface area contributed by atoms with E-state index in [0.29, 0.717) is 12.5 Å². The van der Waals surface area contributed by atoms with E-state index < -0.39 is 5.60 Å². The number of hydrogen-bond acceptors (Lipinski definition) is 2. The van der Waals surface area contributed by atoms with E-state index in [4.69, 9.17) is 5.73 Å². The fourth-order valence-corrected chi connectivity index (χ4v) is 5.17. The van der Waals surface area contributed by atoms with Crippen molar-refractivity contribution < 1.29 is 5.11 Å². The Morgan fingerprint density at radius 3 is 2.45 bits per heavy atom. The maximum absolute atomic E-state index is 11.5. The van der Waals surface area contributed by atoms with Crippen LogP contribution < -0.4 is 5.73 Å². The van der Waals surface area contributed by atoms with E-state index in [-0.39, 0.29) is 5.41 Å². The Hall–Kier alpha value is -0.0800. The van der Waals surface area contributed by atoms with Gasteiger partial charge in [-0.25, -0.2) is 0 Å². The molecule has 0 amide bonds. The van der Waals surface area contributed by atoms with E-state index >= 15 is 0 Å². The van der Waals surface area contributed by atoms with Gasteiger partial charge in [-0.05, 0) is 49.9 Å². The molecule has 0 heterocycles. The Morgan fingerprint density at radius 2 is 1.85 bits per heavy atom. The molecule has 0 saturated heterocycles. The first kappa shape index (κ1) is 16.3. The van der Waals surface area contributed by atoms with E-state index in [9.17, 15) is 5.11 Å². The summed E-state index contributed by atoms with van der Waals surface area (Å²) < 4.78 is 0. The van der Waals surface area contributed by atoms with E-state index in [1.807, 2.05) is 0 Å². The molecule has 2 aliphatic carbocycles. The van der Waals surface area contributed by atoms with Crippen LogP contribution in [0.4, 0.5) is 0 Å². The molecule has 2 aliphatic rings.